The number of primary amides is 1. The number of hydrogen-bond acceptors (Lipinski definition) is 6. The molecule has 6 N–H and O–H groups in total. The first-order chi connectivity index (χ1) is 17.4. The first kappa shape index (κ1) is 26.3. The maximum atomic E-state index is 13.5. The summed E-state index contributed by atoms with van der Waals surface area (Å²) in [5, 5.41) is 15.3. The lowest BCUT2D eigenvalue weighted by Crippen LogP contribution is -2.44. The molecule has 0 aliphatic carbocycles. The van der Waals surface area contributed by atoms with Crippen molar-refractivity contribution in [1.29, 1.82) is 5.26 Å². The van der Waals surface area contributed by atoms with Gasteiger partial charge in [-0.05, 0) is 68.1 Å². The minimum atomic E-state index is -0.844. The van der Waals surface area contributed by atoms with E-state index in [1.807, 2.05) is 6.07 Å². The van der Waals surface area contributed by atoms with Gasteiger partial charge < -0.3 is 22.1 Å². The van der Waals surface area contributed by atoms with Gasteiger partial charge in [-0.2, -0.15) is 5.26 Å². The van der Waals surface area contributed by atoms with E-state index in [1.165, 1.54) is 12.1 Å². The van der Waals surface area contributed by atoms with Gasteiger partial charge >= 0.3 is 0 Å². The molecule has 0 unspecified atom stereocenters. The lowest BCUT2D eigenvalue weighted by atomic mass is 10.0. The van der Waals surface area contributed by atoms with Crippen LogP contribution >= 0.6 is 0 Å². The fourth-order valence-electron chi connectivity index (χ4n) is 3.76. The van der Waals surface area contributed by atoms with Gasteiger partial charge in [0.05, 0.1) is 22.9 Å². The summed E-state index contributed by atoms with van der Waals surface area (Å²) in [5.41, 5.74) is 13.6. The zero-order valence-electron chi connectivity index (χ0n) is 19.8. The molecule has 186 valence electrons. The van der Waals surface area contributed by atoms with Gasteiger partial charge in [0.25, 0.3) is 5.91 Å². The topological polar surface area (TPSA) is 147 Å². The number of nitriles is 1. The predicted octanol–water partition coefficient (Wildman–Crippen LogP) is 3.13. The first-order valence-corrected chi connectivity index (χ1v) is 11.7. The number of halogens is 1. The maximum Gasteiger partial charge on any atom is 0.255 e. The van der Waals surface area contributed by atoms with Crippen molar-refractivity contribution in [3.63, 3.8) is 0 Å². The van der Waals surface area contributed by atoms with Crippen LogP contribution in [0.3, 0.4) is 0 Å². The number of anilines is 1. The van der Waals surface area contributed by atoms with Crippen molar-refractivity contribution < 1.29 is 14.0 Å². The van der Waals surface area contributed by atoms with E-state index >= 15 is 0 Å². The number of nitrogens with one attached hydrogen (secondary N) is 2. The third-order valence-corrected chi connectivity index (χ3v) is 5.65. The number of hydrogen-bond donors (Lipinski definition) is 4. The van der Waals surface area contributed by atoms with Crippen molar-refractivity contribution in [2.75, 3.05) is 18.4 Å². The molecule has 36 heavy (non-hydrogen) atoms. The van der Waals surface area contributed by atoms with E-state index in [0.29, 0.717) is 55.6 Å². The molecule has 0 radical (unpaired) electrons. The monoisotopic (exact) mass is 488 g/mol. The fraction of sp³-hybridized carbons (Fsp3) is 0.259. The smallest absolute Gasteiger partial charge is 0.255 e. The van der Waals surface area contributed by atoms with Crippen molar-refractivity contribution in [2.45, 2.75) is 31.7 Å². The van der Waals surface area contributed by atoms with Gasteiger partial charge in [-0.25, -0.2) is 9.37 Å². The number of amides is 2. The second-order valence-corrected chi connectivity index (χ2v) is 8.27. The van der Waals surface area contributed by atoms with Gasteiger partial charge in [0.15, 0.2) is 0 Å². The number of nitrogens with zero attached hydrogens (tertiary/aromatic N) is 2. The number of carbonyl (C=O) groups is 2. The summed E-state index contributed by atoms with van der Waals surface area (Å²) >= 11 is 0. The zero-order chi connectivity index (χ0) is 25.9. The number of unbranched alkanes of at least 4 members (excludes halogenated alkanes) is 1. The quantitative estimate of drug-likeness (QED) is 0.288. The molecule has 0 bridgehead atoms. The average molecular weight is 489 g/mol. The minimum Gasteiger partial charge on any atom is -0.369 e. The van der Waals surface area contributed by atoms with Crippen molar-refractivity contribution in [3.8, 4) is 17.3 Å². The van der Waals surface area contributed by atoms with Gasteiger partial charge in [0, 0.05) is 12.1 Å². The molecule has 0 spiro atoms. The minimum absolute atomic E-state index is 0.220. The highest BCUT2D eigenvalue weighted by atomic mass is 19.1. The molecule has 2 aromatic carbocycles. The van der Waals surface area contributed by atoms with E-state index in [1.54, 1.807) is 42.5 Å². The van der Waals surface area contributed by atoms with Crippen LogP contribution in [-0.4, -0.2) is 35.9 Å². The highest BCUT2D eigenvalue weighted by molar-refractivity contribution is 6.01. The Morgan fingerprint density at radius 1 is 1.08 bits per heavy atom. The number of rotatable bonds is 12. The van der Waals surface area contributed by atoms with Crippen molar-refractivity contribution >= 4 is 17.6 Å². The first-order valence-electron chi connectivity index (χ1n) is 11.7. The summed E-state index contributed by atoms with van der Waals surface area (Å²) in [4.78, 5) is 29.7. The van der Waals surface area contributed by atoms with Crippen LogP contribution in [0.4, 0.5) is 10.2 Å². The molecule has 1 atom stereocenters. The Bertz CT molecular complexity index is 1260. The van der Waals surface area contributed by atoms with Crippen LogP contribution in [0.25, 0.3) is 11.3 Å². The Morgan fingerprint density at radius 3 is 2.61 bits per heavy atom. The normalized spacial score (nSPS) is 11.4. The van der Waals surface area contributed by atoms with Gasteiger partial charge in [0.1, 0.15) is 17.7 Å². The molecule has 1 heterocycles. The highest BCUT2D eigenvalue weighted by Crippen LogP contribution is 2.25. The van der Waals surface area contributed by atoms with Gasteiger partial charge in [-0.15, -0.1) is 0 Å². The Balaban J connectivity index is 1.88. The standard InChI is InChI=1S/C27H29FN6O2/c28-20-8-5-6-18(16-20)13-15-32-26-22(27(36)34-24(25(31)35)10-3-4-14-29)11-12-23(33-26)21-9-2-1-7-19(21)17-30/h1-2,5-9,11-12,16,24H,3-4,10,13-15,29H2,(H2,31,35)(H,32,33)(H,34,36)/t24-/m1/s1. The zero-order valence-corrected chi connectivity index (χ0v) is 19.8. The lowest BCUT2D eigenvalue weighted by molar-refractivity contribution is -0.120. The van der Waals surface area contributed by atoms with E-state index < -0.39 is 17.9 Å². The van der Waals surface area contributed by atoms with E-state index in [0.717, 1.165) is 5.56 Å². The Morgan fingerprint density at radius 2 is 1.89 bits per heavy atom. The van der Waals surface area contributed by atoms with Gasteiger partial charge in [-0.1, -0.05) is 30.3 Å². The molecular weight excluding hydrogens is 459 g/mol. The van der Waals surface area contributed by atoms with Crippen molar-refractivity contribution in [1.82, 2.24) is 10.3 Å². The second-order valence-electron chi connectivity index (χ2n) is 8.27. The summed E-state index contributed by atoms with van der Waals surface area (Å²) in [5.74, 6) is -1.19. The van der Waals surface area contributed by atoms with E-state index in [-0.39, 0.29) is 17.2 Å². The molecule has 0 aliphatic heterocycles. The maximum absolute atomic E-state index is 13.5. The number of nitrogens with two attached hydrogens (primary N) is 2. The Hall–Kier alpha value is -4.29. The summed E-state index contributed by atoms with van der Waals surface area (Å²) in [6, 6.07) is 17.8. The van der Waals surface area contributed by atoms with E-state index in [9.17, 15) is 19.2 Å². The highest BCUT2D eigenvalue weighted by Gasteiger charge is 2.22. The molecule has 0 aliphatic rings. The number of aromatic nitrogens is 1. The summed E-state index contributed by atoms with van der Waals surface area (Å²) in [6.45, 7) is 0.851. The predicted molar refractivity (Wildman–Crippen MR) is 136 cm³/mol. The molecule has 1 aromatic heterocycles. The van der Waals surface area contributed by atoms with Crippen LogP contribution in [0, 0.1) is 17.1 Å². The number of benzene rings is 2. The van der Waals surface area contributed by atoms with Crippen LogP contribution in [0.2, 0.25) is 0 Å². The van der Waals surface area contributed by atoms with Crippen molar-refractivity contribution in [2.24, 2.45) is 11.5 Å². The Labute approximate surface area is 209 Å². The molecule has 9 heteroatoms. The van der Waals surface area contributed by atoms with Crippen LogP contribution in [0.1, 0.15) is 40.7 Å². The summed E-state index contributed by atoms with van der Waals surface area (Å²) in [7, 11) is 0. The SMILES string of the molecule is N#Cc1ccccc1-c1ccc(C(=O)N[C@H](CCCCN)C(N)=O)c(NCCc2cccc(F)c2)n1. The second kappa shape index (κ2) is 13.0. The third kappa shape index (κ3) is 7.10. The van der Waals surface area contributed by atoms with Crippen LogP contribution in [0.5, 0.6) is 0 Å². The summed E-state index contributed by atoms with van der Waals surface area (Å²) in [6.07, 6.45) is 2.22. The molecule has 3 rings (SSSR count). The number of carbonyl (C=O) groups excluding carboxylic acids is 2. The number of pyridine rings is 1. The summed E-state index contributed by atoms with van der Waals surface area (Å²) < 4.78 is 13.5. The molecule has 0 saturated carbocycles. The van der Waals surface area contributed by atoms with Gasteiger partial charge in [0.2, 0.25) is 5.91 Å². The average Bonchev–Trinajstić information content (AvgIpc) is 2.88. The van der Waals surface area contributed by atoms with Gasteiger partial charge in [-0.3, -0.25) is 9.59 Å². The molecule has 0 fully saturated rings. The van der Waals surface area contributed by atoms with Crippen LogP contribution in [-0.2, 0) is 11.2 Å². The molecule has 8 nitrogen and oxygen atoms in total. The molecular formula is C27H29FN6O2. The Kier molecular flexibility index (Phi) is 9.48. The lowest BCUT2D eigenvalue weighted by Gasteiger charge is -2.18. The van der Waals surface area contributed by atoms with Crippen molar-refractivity contribution in [3.05, 3.63) is 83.2 Å². The van der Waals surface area contributed by atoms with Crippen LogP contribution < -0.4 is 22.1 Å². The van der Waals surface area contributed by atoms with E-state index in [2.05, 4.69) is 21.7 Å². The fourth-order valence-corrected chi connectivity index (χ4v) is 3.76. The van der Waals surface area contributed by atoms with Crippen LogP contribution in [0.15, 0.2) is 60.7 Å². The molecule has 2 amide bonds. The van der Waals surface area contributed by atoms with E-state index in [4.69, 9.17) is 11.5 Å². The molecule has 0 saturated heterocycles. The molecule has 3 aromatic rings. The third-order valence-electron chi connectivity index (χ3n) is 5.65. The largest absolute Gasteiger partial charge is 0.369 e.